The number of carbonyl (C=O) groups excluding carboxylic acids is 1. The first-order chi connectivity index (χ1) is 13.6. The molecule has 7 heteroatoms. The van der Waals surface area contributed by atoms with E-state index in [0.29, 0.717) is 25.0 Å². The van der Waals surface area contributed by atoms with Crippen molar-refractivity contribution in [2.75, 3.05) is 6.61 Å². The van der Waals surface area contributed by atoms with Crippen molar-refractivity contribution in [1.82, 2.24) is 0 Å². The third-order valence-electron chi connectivity index (χ3n) is 8.36. The molecule has 3 N–H and O–H groups in total. The molecule has 1 aliphatic heterocycles. The summed E-state index contributed by atoms with van der Waals surface area (Å²) in [6, 6.07) is 1.75. The van der Waals surface area contributed by atoms with Crippen LogP contribution in [0.4, 0.5) is 0 Å². The fraction of sp³-hybridized carbons (Fsp3) is 0.773. The van der Waals surface area contributed by atoms with E-state index in [1.807, 2.05) is 6.92 Å². The number of furan rings is 1. The van der Waals surface area contributed by atoms with Gasteiger partial charge in [0.25, 0.3) is 0 Å². The van der Waals surface area contributed by atoms with E-state index in [2.05, 4.69) is 13.8 Å². The Morgan fingerprint density at radius 2 is 2.00 bits per heavy atom. The highest BCUT2D eigenvalue weighted by Crippen LogP contribution is 2.69. The maximum atomic E-state index is 11.9. The molecule has 2 saturated carbocycles. The molecule has 0 radical (unpaired) electrons. The van der Waals surface area contributed by atoms with Gasteiger partial charge in [0.15, 0.2) is 0 Å². The van der Waals surface area contributed by atoms with Gasteiger partial charge >= 0.3 is 5.97 Å². The minimum atomic E-state index is -0.838. The fourth-order valence-electron chi connectivity index (χ4n) is 6.55. The Balaban J connectivity index is 1.78. The summed E-state index contributed by atoms with van der Waals surface area (Å²) in [4.78, 5) is 11.9. The molecule has 0 amide bonds. The van der Waals surface area contributed by atoms with Gasteiger partial charge in [0.2, 0.25) is 0 Å². The summed E-state index contributed by atoms with van der Waals surface area (Å²) in [7, 11) is 0. The van der Waals surface area contributed by atoms with Gasteiger partial charge in [-0.2, -0.15) is 0 Å². The molecule has 2 heterocycles. The number of rotatable bonds is 4. The summed E-state index contributed by atoms with van der Waals surface area (Å²) in [5, 5.41) is 33.0. The topological polar surface area (TPSA) is 113 Å². The maximum absolute atomic E-state index is 11.9. The summed E-state index contributed by atoms with van der Waals surface area (Å²) in [6.07, 6.45) is 1.42. The van der Waals surface area contributed by atoms with Crippen LogP contribution >= 0.6 is 0 Å². The van der Waals surface area contributed by atoms with E-state index in [4.69, 9.17) is 13.9 Å². The normalized spacial score (nSPS) is 47.5. The number of fused-ring (bicyclic) bond motifs is 2. The van der Waals surface area contributed by atoms with Crippen LogP contribution in [0.15, 0.2) is 23.0 Å². The van der Waals surface area contributed by atoms with Crippen molar-refractivity contribution in [2.24, 2.45) is 22.7 Å². The van der Waals surface area contributed by atoms with Crippen molar-refractivity contribution < 1.29 is 34.0 Å². The van der Waals surface area contributed by atoms with E-state index >= 15 is 0 Å². The lowest BCUT2D eigenvalue weighted by molar-refractivity contribution is -0.254. The van der Waals surface area contributed by atoms with Crippen LogP contribution in [-0.4, -0.2) is 51.8 Å². The highest BCUT2D eigenvalue weighted by atomic mass is 16.6. The van der Waals surface area contributed by atoms with Crippen LogP contribution in [0.2, 0.25) is 0 Å². The zero-order valence-electron chi connectivity index (χ0n) is 17.5. The van der Waals surface area contributed by atoms with E-state index in [9.17, 15) is 20.1 Å². The summed E-state index contributed by atoms with van der Waals surface area (Å²) < 4.78 is 16.7. The Morgan fingerprint density at radius 3 is 2.55 bits per heavy atom. The third-order valence-corrected chi connectivity index (χ3v) is 8.36. The van der Waals surface area contributed by atoms with Crippen molar-refractivity contribution in [3.8, 4) is 0 Å². The molecule has 2 aliphatic carbocycles. The Hall–Kier alpha value is -1.41. The van der Waals surface area contributed by atoms with Crippen LogP contribution in [0.1, 0.15) is 58.6 Å². The van der Waals surface area contributed by atoms with Crippen molar-refractivity contribution >= 4 is 5.97 Å². The lowest BCUT2D eigenvalue weighted by Gasteiger charge is -2.64. The molecule has 7 nitrogen and oxygen atoms in total. The SMILES string of the molecule is CC(=O)OC1CC(O)C2(CO2)C2(C)C(O)CC(C)C(C)(CC(O)c3ccoc3)C12. The van der Waals surface area contributed by atoms with Gasteiger partial charge < -0.3 is 29.2 Å². The van der Waals surface area contributed by atoms with Gasteiger partial charge in [0, 0.05) is 30.2 Å². The summed E-state index contributed by atoms with van der Waals surface area (Å²) >= 11 is 0. The Morgan fingerprint density at radius 1 is 1.31 bits per heavy atom. The molecule has 3 aliphatic rings. The summed E-state index contributed by atoms with van der Waals surface area (Å²) in [5.74, 6) is -0.644. The van der Waals surface area contributed by atoms with Crippen LogP contribution in [0, 0.1) is 22.7 Å². The minimum Gasteiger partial charge on any atom is -0.472 e. The first kappa shape index (κ1) is 20.8. The number of ether oxygens (including phenoxy) is 2. The predicted molar refractivity (Wildman–Crippen MR) is 103 cm³/mol. The van der Waals surface area contributed by atoms with E-state index in [1.54, 1.807) is 6.07 Å². The molecule has 1 spiro atoms. The molecule has 3 fully saturated rings. The number of carbonyl (C=O) groups is 1. The largest absolute Gasteiger partial charge is 0.472 e. The van der Waals surface area contributed by atoms with Gasteiger partial charge in [0.1, 0.15) is 11.7 Å². The highest BCUT2D eigenvalue weighted by Gasteiger charge is 2.77. The van der Waals surface area contributed by atoms with Crippen molar-refractivity contribution in [3.05, 3.63) is 24.2 Å². The molecule has 1 aromatic rings. The number of aliphatic hydroxyl groups is 3. The predicted octanol–water partition coefficient (Wildman–Crippen LogP) is 2.20. The van der Waals surface area contributed by atoms with Crippen LogP contribution in [0.3, 0.4) is 0 Å². The third kappa shape index (κ3) is 2.89. The molecule has 4 rings (SSSR count). The molecule has 9 atom stereocenters. The number of aliphatic hydroxyl groups excluding tert-OH is 3. The van der Waals surface area contributed by atoms with Gasteiger partial charge in [-0.15, -0.1) is 0 Å². The van der Waals surface area contributed by atoms with Gasteiger partial charge in [-0.1, -0.05) is 20.8 Å². The molecular formula is C22H32O7. The second kappa shape index (κ2) is 6.80. The van der Waals surface area contributed by atoms with Crippen LogP contribution in [0.25, 0.3) is 0 Å². The molecule has 9 unspecified atom stereocenters. The summed E-state index contributed by atoms with van der Waals surface area (Å²) in [6.45, 7) is 7.85. The first-order valence-electron chi connectivity index (χ1n) is 10.4. The molecular weight excluding hydrogens is 376 g/mol. The molecule has 29 heavy (non-hydrogen) atoms. The van der Waals surface area contributed by atoms with Crippen LogP contribution in [0.5, 0.6) is 0 Å². The molecule has 1 saturated heterocycles. The first-order valence-corrected chi connectivity index (χ1v) is 10.4. The van der Waals surface area contributed by atoms with Crippen LogP contribution in [-0.2, 0) is 14.3 Å². The smallest absolute Gasteiger partial charge is 0.302 e. The van der Waals surface area contributed by atoms with E-state index in [0.717, 1.165) is 0 Å². The summed E-state index contributed by atoms with van der Waals surface area (Å²) in [5.41, 5.74) is -1.41. The second-order valence-corrected chi connectivity index (χ2v) is 9.77. The van der Waals surface area contributed by atoms with Gasteiger partial charge in [-0.3, -0.25) is 4.79 Å². The molecule has 1 aromatic heterocycles. The molecule has 162 valence electrons. The lowest BCUT2D eigenvalue weighted by atomic mass is 9.42. The van der Waals surface area contributed by atoms with Gasteiger partial charge in [-0.05, 0) is 30.2 Å². The Labute approximate surface area is 171 Å². The Bertz CT molecular complexity index is 757. The van der Waals surface area contributed by atoms with Crippen molar-refractivity contribution in [2.45, 2.75) is 77.0 Å². The Kier molecular flexibility index (Phi) is 4.89. The second-order valence-electron chi connectivity index (χ2n) is 9.77. The minimum absolute atomic E-state index is 0.0567. The van der Waals surface area contributed by atoms with E-state index in [1.165, 1.54) is 19.5 Å². The van der Waals surface area contributed by atoms with E-state index < -0.39 is 46.8 Å². The maximum Gasteiger partial charge on any atom is 0.302 e. The highest BCUT2D eigenvalue weighted by molar-refractivity contribution is 5.66. The monoisotopic (exact) mass is 408 g/mol. The molecule has 0 bridgehead atoms. The number of hydrogen-bond acceptors (Lipinski definition) is 7. The zero-order valence-corrected chi connectivity index (χ0v) is 17.5. The number of esters is 1. The lowest BCUT2D eigenvalue weighted by Crippen LogP contribution is -2.70. The quantitative estimate of drug-likeness (QED) is 0.517. The average molecular weight is 408 g/mol. The van der Waals surface area contributed by atoms with E-state index in [-0.39, 0.29) is 18.3 Å². The number of epoxide rings is 1. The molecule has 0 aromatic carbocycles. The number of hydrogen-bond donors (Lipinski definition) is 3. The fourth-order valence-corrected chi connectivity index (χ4v) is 6.55. The van der Waals surface area contributed by atoms with Gasteiger partial charge in [-0.25, -0.2) is 0 Å². The zero-order chi connectivity index (χ0) is 21.2. The van der Waals surface area contributed by atoms with Crippen LogP contribution < -0.4 is 0 Å². The van der Waals surface area contributed by atoms with Crippen molar-refractivity contribution in [3.63, 3.8) is 0 Å². The standard InChI is InChI=1S/C22H32O7/c1-12-7-17(25)21(4)19(20(12,3)9-15(24)14-5-6-27-10-14)16(29-13(2)23)8-18(26)22(21)11-28-22/h5-6,10,12,15-19,24-26H,7-9,11H2,1-4H3. The van der Waals surface area contributed by atoms with Gasteiger partial charge in [0.05, 0.1) is 37.4 Å². The average Bonchev–Trinajstić information content (AvgIpc) is 3.25. The van der Waals surface area contributed by atoms with Crippen molar-refractivity contribution in [1.29, 1.82) is 0 Å².